The molecule has 50 valence electrons. The SMILES string of the molecule is C1=CC2CCC(CC1)O2. The summed E-state index contributed by atoms with van der Waals surface area (Å²) in [7, 11) is 0. The fraction of sp³-hybridized carbons (Fsp3) is 0.750. The van der Waals surface area contributed by atoms with Crippen LogP contribution in [0, 0.1) is 0 Å². The Hall–Kier alpha value is -0.300. The first-order chi connectivity index (χ1) is 4.45. The Morgan fingerprint density at radius 3 is 3.22 bits per heavy atom. The Balaban J connectivity index is 2.10. The normalized spacial score (nSPS) is 40.9. The molecule has 2 bridgehead atoms. The lowest BCUT2D eigenvalue weighted by atomic mass is 10.1. The summed E-state index contributed by atoms with van der Waals surface area (Å²) in [5, 5.41) is 0. The molecule has 2 rings (SSSR count). The summed E-state index contributed by atoms with van der Waals surface area (Å²) in [5.41, 5.74) is 0. The van der Waals surface area contributed by atoms with Crippen molar-refractivity contribution in [3.8, 4) is 0 Å². The van der Waals surface area contributed by atoms with Gasteiger partial charge in [0.25, 0.3) is 0 Å². The second-order valence-electron chi connectivity index (χ2n) is 2.88. The molecule has 0 N–H and O–H groups in total. The topological polar surface area (TPSA) is 9.23 Å². The van der Waals surface area contributed by atoms with Crippen molar-refractivity contribution in [1.82, 2.24) is 0 Å². The van der Waals surface area contributed by atoms with Gasteiger partial charge in [-0.25, -0.2) is 0 Å². The number of fused-ring (bicyclic) bond motifs is 2. The van der Waals surface area contributed by atoms with Gasteiger partial charge in [0.15, 0.2) is 0 Å². The van der Waals surface area contributed by atoms with Crippen LogP contribution in [0.5, 0.6) is 0 Å². The van der Waals surface area contributed by atoms with E-state index in [1.165, 1.54) is 25.7 Å². The molecule has 0 aromatic rings. The average molecular weight is 124 g/mol. The number of rotatable bonds is 0. The van der Waals surface area contributed by atoms with Crippen LogP contribution in [0.25, 0.3) is 0 Å². The Bertz CT molecular complexity index is 129. The quantitative estimate of drug-likeness (QED) is 0.448. The van der Waals surface area contributed by atoms with Crippen molar-refractivity contribution in [1.29, 1.82) is 0 Å². The summed E-state index contributed by atoms with van der Waals surface area (Å²) in [6.07, 6.45) is 10.5. The molecule has 0 aromatic heterocycles. The number of allylic oxidation sites excluding steroid dienone is 1. The minimum atomic E-state index is 0.470. The highest BCUT2D eigenvalue weighted by molar-refractivity contribution is 4.97. The lowest BCUT2D eigenvalue weighted by Gasteiger charge is -2.05. The molecule has 1 nitrogen and oxygen atoms in total. The first-order valence-corrected chi connectivity index (χ1v) is 3.77. The smallest absolute Gasteiger partial charge is 0.0760 e. The zero-order valence-corrected chi connectivity index (χ0v) is 5.55. The third kappa shape index (κ3) is 1.01. The standard InChI is InChI=1S/C8H12O/c1-2-4-8-6-5-7(3-1)9-8/h1,3,7-8H,2,4-6H2. The van der Waals surface area contributed by atoms with E-state index in [1.54, 1.807) is 0 Å². The van der Waals surface area contributed by atoms with Crippen LogP contribution in [0.3, 0.4) is 0 Å². The summed E-state index contributed by atoms with van der Waals surface area (Å²) in [6.45, 7) is 0. The van der Waals surface area contributed by atoms with Crippen molar-refractivity contribution in [2.75, 3.05) is 0 Å². The summed E-state index contributed by atoms with van der Waals surface area (Å²) in [4.78, 5) is 0. The summed E-state index contributed by atoms with van der Waals surface area (Å²) >= 11 is 0. The molecule has 1 fully saturated rings. The van der Waals surface area contributed by atoms with Crippen molar-refractivity contribution >= 4 is 0 Å². The summed E-state index contributed by atoms with van der Waals surface area (Å²) in [5.74, 6) is 0. The number of hydrogen-bond donors (Lipinski definition) is 0. The van der Waals surface area contributed by atoms with Crippen molar-refractivity contribution in [2.24, 2.45) is 0 Å². The van der Waals surface area contributed by atoms with Crippen molar-refractivity contribution in [3.05, 3.63) is 12.2 Å². The predicted molar refractivity (Wildman–Crippen MR) is 36.3 cm³/mol. The predicted octanol–water partition coefficient (Wildman–Crippen LogP) is 1.88. The van der Waals surface area contributed by atoms with E-state index >= 15 is 0 Å². The number of ether oxygens (including phenoxy) is 1. The van der Waals surface area contributed by atoms with Gasteiger partial charge in [-0.1, -0.05) is 12.2 Å². The maximum Gasteiger partial charge on any atom is 0.0760 e. The van der Waals surface area contributed by atoms with Gasteiger partial charge < -0.3 is 4.74 Å². The van der Waals surface area contributed by atoms with Crippen LogP contribution in [-0.4, -0.2) is 12.2 Å². The maximum absolute atomic E-state index is 5.64. The van der Waals surface area contributed by atoms with Gasteiger partial charge in [0.05, 0.1) is 12.2 Å². The van der Waals surface area contributed by atoms with Gasteiger partial charge in [-0.05, 0) is 25.7 Å². The van der Waals surface area contributed by atoms with Crippen LogP contribution >= 0.6 is 0 Å². The van der Waals surface area contributed by atoms with Crippen LogP contribution in [-0.2, 0) is 4.74 Å². The molecular weight excluding hydrogens is 112 g/mol. The first kappa shape index (κ1) is 5.48. The highest BCUT2D eigenvalue weighted by Gasteiger charge is 2.23. The van der Waals surface area contributed by atoms with Crippen LogP contribution in [0.4, 0.5) is 0 Å². The molecule has 2 aliphatic rings. The zero-order chi connectivity index (χ0) is 6.10. The Morgan fingerprint density at radius 1 is 1.22 bits per heavy atom. The molecule has 9 heavy (non-hydrogen) atoms. The number of hydrogen-bond acceptors (Lipinski definition) is 1. The van der Waals surface area contributed by atoms with Gasteiger partial charge in [-0.2, -0.15) is 0 Å². The minimum Gasteiger partial charge on any atom is -0.371 e. The van der Waals surface area contributed by atoms with Crippen molar-refractivity contribution in [3.63, 3.8) is 0 Å². The van der Waals surface area contributed by atoms with E-state index in [0.29, 0.717) is 12.2 Å². The Morgan fingerprint density at radius 2 is 2.22 bits per heavy atom. The van der Waals surface area contributed by atoms with E-state index in [-0.39, 0.29) is 0 Å². The van der Waals surface area contributed by atoms with Gasteiger partial charge in [-0.3, -0.25) is 0 Å². The van der Waals surface area contributed by atoms with E-state index in [1.807, 2.05) is 0 Å². The Labute approximate surface area is 55.7 Å². The molecule has 2 unspecified atom stereocenters. The molecule has 0 spiro atoms. The van der Waals surface area contributed by atoms with Crippen molar-refractivity contribution in [2.45, 2.75) is 37.9 Å². The van der Waals surface area contributed by atoms with E-state index < -0.39 is 0 Å². The lowest BCUT2D eigenvalue weighted by molar-refractivity contribution is 0.0709. The molecule has 0 aromatic carbocycles. The van der Waals surface area contributed by atoms with E-state index in [0.717, 1.165) is 0 Å². The summed E-state index contributed by atoms with van der Waals surface area (Å²) < 4.78 is 5.64. The van der Waals surface area contributed by atoms with E-state index in [4.69, 9.17) is 4.74 Å². The fourth-order valence-electron chi connectivity index (χ4n) is 1.62. The molecule has 2 aliphatic heterocycles. The van der Waals surface area contributed by atoms with Crippen LogP contribution < -0.4 is 0 Å². The Kier molecular flexibility index (Phi) is 1.31. The van der Waals surface area contributed by atoms with Crippen molar-refractivity contribution < 1.29 is 4.74 Å². The molecule has 0 aliphatic carbocycles. The summed E-state index contributed by atoms with van der Waals surface area (Å²) in [6, 6.07) is 0. The highest BCUT2D eigenvalue weighted by atomic mass is 16.5. The molecular formula is C8H12O. The van der Waals surface area contributed by atoms with Crippen LogP contribution in [0.2, 0.25) is 0 Å². The van der Waals surface area contributed by atoms with Crippen LogP contribution in [0.15, 0.2) is 12.2 Å². The second-order valence-corrected chi connectivity index (χ2v) is 2.88. The molecule has 1 saturated heterocycles. The minimum absolute atomic E-state index is 0.470. The van der Waals surface area contributed by atoms with Gasteiger partial charge in [0.1, 0.15) is 0 Å². The monoisotopic (exact) mass is 124 g/mol. The van der Waals surface area contributed by atoms with Gasteiger partial charge in [-0.15, -0.1) is 0 Å². The molecule has 0 radical (unpaired) electrons. The van der Waals surface area contributed by atoms with E-state index in [2.05, 4.69) is 12.2 Å². The highest BCUT2D eigenvalue weighted by Crippen LogP contribution is 2.26. The molecule has 2 atom stereocenters. The van der Waals surface area contributed by atoms with Crippen LogP contribution in [0.1, 0.15) is 25.7 Å². The molecule has 0 saturated carbocycles. The molecule has 2 heterocycles. The van der Waals surface area contributed by atoms with E-state index in [9.17, 15) is 0 Å². The maximum atomic E-state index is 5.64. The second kappa shape index (κ2) is 2.14. The molecule has 0 amide bonds. The fourth-order valence-corrected chi connectivity index (χ4v) is 1.62. The van der Waals surface area contributed by atoms with Gasteiger partial charge in [0.2, 0.25) is 0 Å². The van der Waals surface area contributed by atoms with Gasteiger partial charge >= 0.3 is 0 Å². The first-order valence-electron chi connectivity index (χ1n) is 3.77. The average Bonchev–Trinajstić information content (AvgIpc) is 2.09. The third-order valence-corrected chi connectivity index (χ3v) is 2.15. The molecule has 1 heteroatoms. The zero-order valence-electron chi connectivity index (χ0n) is 5.55. The van der Waals surface area contributed by atoms with Gasteiger partial charge in [0, 0.05) is 0 Å². The lowest BCUT2D eigenvalue weighted by Crippen LogP contribution is -2.05. The largest absolute Gasteiger partial charge is 0.371 e. The third-order valence-electron chi connectivity index (χ3n) is 2.15.